The van der Waals surface area contributed by atoms with Gasteiger partial charge in [0.05, 0.1) is 19.2 Å². The highest BCUT2D eigenvalue weighted by atomic mass is 19.4. The Morgan fingerprint density at radius 1 is 1.09 bits per heavy atom. The Morgan fingerprint density at radius 2 is 1.66 bits per heavy atom. The molecule has 180 valence electrons. The molecule has 1 aromatic carbocycles. The molecule has 12 heteroatoms. The second-order valence-corrected chi connectivity index (χ2v) is 7.52. The van der Waals surface area contributed by atoms with E-state index in [0.29, 0.717) is 5.75 Å². The average Bonchev–Trinajstić information content (AvgIpc) is 2.72. The third-order valence-electron chi connectivity index (χ3n) is 4.71. The van der Waals surface area contributed by atoms with Gasteiger partial charge in [-0.2, -0.15) is 13.2 Å². The fourth-order valence-electron chi connectivity index (χ4n) is 2.82. The number of carbonyl (C=O) groups excluding carboxylic acids is 2. The van der Waals surface area contributed by atoms with Crippen LogP contribution in [0.2, 0.25) is 0 Å². The molecule has 2 amide bonds. The van der Waals surface area contributed by atoms with Gasteiger partial charge in [0.25, 0.3) is 0 Å². The van der Waals surface area contributed by atoms with Gasteiger partial charge in [-0.3, -0.25) is 14.4 Å². The normalized spacial score (nSPS) is 15.4. The van der Waals surface area contributed by atoms with Crippen molar-refractivity contribution in [2.75, 3.05) is 7.11 Å². The molecule has 0 bridgehead atoms. The summed E-state index contributed by atoms with van der Waals surface area (Å²) in [5.74, 6) is -3.39. The number of methoxy groups -OCH3 is 1. The number of alkyl halides is 3. The number of aliphatic carboxylic acids is 1. The second-order valence-electron chi connectivity index (χ2n) is 7.52. The highest BCUT2D eigenvalue weighted by Crippen LogP contribution is 2.26. The minimum absolute atomic E-state index is 0.209. The molecule has 32 heavy (non-hydrogen) atoms. The third kappa shape index (κ3) is 8.00. The fraction of sp³-hybridized carbons (Fsp3) is 0.550. The molecule has 0 unspecified atom stereocenters. The summed E-state index contributed by atoms with van der Waals surface area (Å²) in [7, 11) is 1.41. The van der Waals surface area contributed by atoms with Gasteiger partial charge in [0.2, 0.25) is 11.8 Å². The number of rotatable bonds is 11. The van der Waals surface area contributed by atoms with Gasteiger partial charge in [-0.1, -0.05) is 26.0 Å². The molecule has 0 saturated carbocycles. The predicted octanol–water partition coefficient (Wildman–Crippen LogP) is 1.11. The van der Waals surface area contributed by atoms with Crippen LogP contribution in [-0.2, 0) is 14.4 Å². The Hall–Kier alpha value is -2.86. The first-order chi connectivity index (χ1) is 14.8. The third-order valence-corrected chi connectivity index (χ3v) is 4.71. The number of carbonyl (C=O) groups is 3. The van der Waals surface area contributed by atoms with Crippen molar-refractivity contribution in [3.05, 3.63) is 29.8 Å². The van der Waals surface area contributed by atoms with Crippen LogP contribution in [0.3, 0.4) is 0 Å². The quantitative estimate of drug-likeness (QED) is 0.330. The zero-order valence-electron chi connectivity index (χ0n) is 17.8. The average molecular weight is 463 g/mol. The van der Waals surface area contributed by atoms with Crippen molar-refractivity contribution in [2.24, 2.45) is 11.7 Å². The minimum atomic E-state index is -4.97. The zero-order chi connectivity index (χ0) is 24.6. The van der Waals surface area contributed by atoms with Gasteiger partial charge in [0, 0.05) is 6.42 Å². The number of carboxylic acids is 1. The second kappa shape index (κ2) is 11.7. The van der Waals surface area contributed by atoms with Gasteiger partial charge in [0.15, 0.2) is 6.10 Å². The van der Waals surface area contributed by atoms with E-state index in [1.807, 2.05) is 0 Å². The first kappa shape index (κ1) is 27.2. The van der Waals surface area contributed by atoms with Gasteiger partial charge >= 0.3 is 12.1 Å². The van der Waals surface area contributed by atoms with Crippen molar-refractivity contribution in [3.8, 4) is 5.75 Å². The zero-order valence-corrected chi connectivity index (χ0v) is 17.8. The topological polar surface area (TPSA) is 151 Å². The molecule has 1 rings (SSSR count). The van der Waals surface area contributed by atoms with Crippen LogP contribution in [0.25, 0.3) is 0 Å². The standard InChI is InChI=1S/C20H28F3N3O6/c1-10(2)15(17(29)20(21,22)23)25-19(31)16(11-4-6-12(32-3)7-5-11)26-18(30)13(24)8-9-14(27)28/h4-7,10,13,15-17,29H,8-9,24H2,1-3H3,(H,25,31)(H,26,30)(H,27,28)/t13-,15-,16-,17-/m0/s1. The Kier molecular flexibility index (Phi) is 9.91. The first-order valence-electron chi connectivity index (χ1n) is 9.74. The fourth-order valence-corrected chi connectivity index (χ4v) is 2.82. The lowest BCUT2D eigenvalue weighted by Gasteiger charge is -2.31. The molecule has 0 radical (unpaired) electrons. The van der Waals surface area contributed by atoms with E-state index in [0.717, 1.165) is 0 Å². The molecule has 0 fully saturated rings. The molecular weight excluding hydrogens is 435 g/mol. The molecule has 0 aromatic heterocycles. The number of benzene rings is 1. The lowest BCUT2D eigenvalue weighted by Crippen LogP contribution is -2.55. The number of aliphatic hydroxyl groups is 1. The van der Waals surface area contributed by atoms with Gasteiger partial charge in [-0.25, -0.2) is 0 Å². The van der Waals surface area contributed by atoms with Crippen LogP contribution in [0.5, 0.6) is 5.75 Å². The molecule has 6 N–H and O–H groups in total. The number of hydrogen-bond acceptors (Lipinski definition) is 6. The van der Waals surface area contributed by atoms with E-state index >= 15 is 0 Å². The Bertz CT molecular complexity index is 786. The van der Waals surface area contributed by atoms with Crippen molar-refractivity contribution in [1.29, 1.82) is 0 Å². The summed E-state index contributed by atoms with van der Waals surface area (Å²) in [4.78, 5) is 36.0. The van der Waals surface area contributed by atoms with Crippen LogP contribution < -0.4 is 21.1 Å². The smallest absolute Gasteiger partial charge is 0.416 e. The molecule has 4 atom stereocenters. The maximum atomic E-state index is 13.0. The molecule has 0 aliphatic carbocycles. The molecule has 1 aromatic rings. The highest BCUT2D eigenvalue weighted by Gasteiger charge is 2.45. The van der Waals surface area contributed by atoms with Crippen LogP contribution in [0, 0.1) is 5.92 Å². The summed E-state index contributed by atoms with van der Waals surface area (Å²) in [6, 6.07) is 1.42. The lowest BCUT2D eigenvalue weighted by molar-refractivity contribution is -0.215. The summed E-state index contributed by atoms with van der Waals surface area (Å²) in [6.45, 7) is 2.78. The summed E-state index contributed by atoms with van der Waals surface area (Å²) < 4.78 is 44.1. The van der Waals surface area contributed by atoms with Crippen LogP contribution in [0.4, 0.5) is 13.2 Å². The number of carboxylic acid groups (broad SMARTS) is 1. The molecule has 9 nitrogen and oxygen atoms in total. The van der Waals surface area contributed by atoms with E-state index in [4.69, 9.17) is 15.6 Å². The van der Waals surface area contributed by atoms with Gasteiger partial charge in [0.1, 0.15) is 11.8 Å². The first-order valence-corrected chi connectivity index (χ1v) is 9.74. The Labute approximate surface area is 183 Å². The van der Waals surface area contributed by atoms with E-state index in [9.17, 15) is 32.7 Å². The molecular formula is C20H28F3N3O6. The van der Waals surface area contributed by atoms with Crippen LogP contribution >= 0.6 is 0 Å². The minimum Gasteiger partial charge on any atom is -0.497 e. The Balaban J connectivity index is 3.16. The summed E-state index contributed by atoms with van der Waals surface area (Å²) in [5, 5.41) is 22.9. The summed E-state index contributed by atoms with van der Waals surface area (Å²) in [5.41, 5.74) is 5.89. The largest absolute Gasteiger partial charge is 0.497 e. The molecule has 0 spiro atoms. The number of halogens is 3. The van der Waals surface area contributed by atoms with Crippen LogP contribution in [0.1, 0.15) is 38.3 Å². The summed E-state index contributed by atoms with van der Waals surface area (Å²) in [6.07, 6.45) is -8.39. The molecule has 0 aliphatic rings. The lowest BCUT2D eigenvalue weighted by atomic mass is 9.96. The SMILES string of the molecule is COc1ccc([C@H](NC(=O)[C@@H](N)CCC(=O)O)C(=O)N[C@@H](C(C)C)[C@H](O)C(F)(F)F)cc1. The van der Waals surface area contributed by atoms with Crippen molar-refractivity contribution < 1.29 is 42.5 Å². The van der Waals surface area contributed by atoms with Crippen molar-refractivity contribution in [2.45, 2.75) is 57.1 Å². The van der Waals surface area contributed by atoms with Gasteiger partial charge < -0.3 is 31.3 Å². The number of ether oxygens (including phenoxy) is 1. The van der Waals surface area contributed by atoms with Crippen LogP contribution in [-0.4, -0.2) is 59.5 Å². The van der Waals surface area contributed by atoms with Crippen molar-refractivity contribution in [3.63, 3.8) is 0 Å². The summed E-state index contributed by atoms with van der Waals surface area (Å²) >= 11 is 0. The molecule has 0 heterocycles. The number of nitrogens with two attached hydrogens (primary N) is 1. The highest BCUT2D eigenvalue weighted by molar-refractivity contribution is 5.91. The van der Waals surface area contributed by atoms with Gasteiger partial charge in [-0.05, 0) is 30.0 Å². The van der Waals surface area contributed by atoms with E-state index in [1.54, 1.807) is 0 Å². The maximum absolute atomic E-state index is 13.0. The van der Waals surface area contributed by atoms with Crippen molar-refractivity contribution >= 4 is 17.8 Å². The number of amides is 2. The number of aliphatic hydroxyl groups excluding tert-OH is 1. The van der Waals surface area contributed by atoms with E-state index in [1.165, 1.54) is 45.2 Å². The predicted molar refractivity (Wildman–Crippen MR) is 108 cm³/mol. The van der Waals surface area contributed by atoms with E-state index < -0.39 is 54.1 Å². The van der Waals surface area contributed by atoms with E-state index in [-0.39, 0.29) is 18.4 Å². The maximum Gasteiger partial charge on any atom is 0.416 e. The molecule has 0 aliphatic heterocycles. The Morgan fingerprint density at radius 3 is 2.09 bits per heavy atom. The number of nitrogens with one attached hydrogen (secondary N) is 2. The van der Waals surface area contributed by atoms with Gasteiger partial charge in [-0.15, -0.1) is 0 Å². The van der Waals surface area contributed by atoms with E-state index in [2.05, 4.69) is 10.6 Å². The van der Waals surface area contributed by atoms with Crippen molar-refractivity contribution in [1.82, 2.24) is 10.6 Å². The molecule has 0 saturated heterocycles. The number of hydrogen-bond donors (Lipinski definition) is 5. The monoisotopic (exact) mass is 463 g/mol. The van der Waals surface area contributed by atoms with Crippen LogP contribution in [0.15, 0.2) is 24.3 Å².